The lowest BCUT2D eigenvalue weighted by molar-refractivity contribution is 0.102. The summed E-state index contributed by atoms with van der Waals surface area (Å²) in [5.74, 6) is 6.24. The Hall–Kier alpha value is -3.58. The Kier molecular flexibility index (Phi) is 6.75. The van der Waals surface area contributed by atoms with Crippen LogP contribution in [0.15, 0.2) is 59.5 Å². The van der Waals surface area contributed by atoms with Gasteiger partial charge in [-0.25, -0.2) is 0 Å². The van der Waals surface area contributed by atoms with Gasteiger partial charge in [0.05, 0.1) is 30.5 Å². The number of morpholine rings is 1. The van der Waals surface area contributed by atoms with Gasteiger partial charge in [-0.1, -0.05) is 38.3 Å². The van der Waals surface area contributed by atoms with Crippen molar-refractivity contribution in [3.05, 3.63) is 76.2 Å². The van der Waals surface area contributed by atoms with Gasteiger partial charge in [0.1, 0.15) is 6.61 Å². The van der Waals surface area contributed by atoms with Crippen molar-refractivity contribution in [2.75, 3.05) is 44.9 Å². The molecule has 34 heavy (non-hydrogen) atoms. The summed E-state index contributed by atoms with van der Waals surface area (Å²) in [7, 11) is 1.61. The number of nitrogens with one attached hydrogen (secondary N) is 1. The minimum Gasteiger partial charge on any atom is -0.378 e. The fraction of sp³-hybridized carbons (Fsp3) is 0.357. The second kappa shape index (κ2) is 9.73. The quantitative estimate of drug-likeness (QED) is 0.685. The van der Waals surface area contributed by atoms with Gasteiger partial charge in [-0.15, -0.1) is 0 Å². The molecule has 2 aliphatic heterocycles. The molecule has 174 valence electrons. The monoisotopic (exact) mass is 455 g/mol. The lowest BCUT2D eigenvalue weighted by Crippen LogP contribution is -2.39. The number of benzene rings is 1. The van der Waals surface area contributed by atoms with Crippen LogP contribution in [0.4, 0.5) is 5.69 Å². The molecule has 1 N–H and O–H groups in total. The van der Waals surface area contributed by atoms with Gasteiger partial charge in [0.25, 0.3) is 0 Å². The van der Waals surface area contributed by atoms with Gasteiger partial charge in [0, 0.05) is 53.7 Å². The third-order valence-corrected chi connectivity index (χ3v) is 6.41. The molecule has 1 fully saturated rings. The average molecular weight is 456 g/mol. The van der Waals surface area contributed by atoms with E-state index in [9.17, 15) is 10.1 Å². The molecule has 3 aliphatic rings. The highest BCUT2D eigenvalue weighted by Gasteiger charge is 2.40. The van der Waals surface area contributed by atoms with Crippen molar-refractivity contribution in [2.24, 2.45) is 0 Å². The first-order valence-electron chi connectivity index (χ1n) is 11.4. The highest BCUT2D eigenvalue weighted by Crippen LogP contribution is 2.44. The summed E-state index contributed by atoms with van der Waals surface area (Å²) in [5.41, 5.74) is 5.51. The molecule has 0 spiro atoms. The number of hydrogen-bond donors (Lipinski definition) is 1. The highest BCUT2D eigenvalue weighted by atomic mass is 16.5. The Balaban J connectivity index is 1.87. The molecular formula is C28H29N3O3. The molecule has 1 saturated heterocycles. The number of nitriles is 1. The van der Waals surface area contributed by atoms with Gasteiger partial charge in [0.2, 0.25) is 0 Å². The summed E-state index contributed by atoms with van der Waals surface area (Å²) < 4.78 is 10.7. The number of carbonyl (C=O) groups is 1. The van der Waals surface area contributed by atoms with Gasteiger partial charge in [-0.05, 0) is 36.3 Å². The van der Waals surface area contributed by atoms with Crippen LogP contribution >= 0.6 is 0 Å². The van der Waals surface area contributed by atoms with Crippen LogP contribution in [0.1, 0.15) is 41.8 Å². The molecule has 1 aromatic carbocycles. The van der Waals surface area contributed by atoms with Crippen molar-refractivity contribution in [2.45, 2.75) is 25.7 Å². The van der Waals surface area contributed by atoms with Crippen molar-refractivity contribution >= 4 is 11.5 Å². The number of hydrogen-bond acceptors (Lipinski definition) is 6. The Morgan fingerprint density at radius 3 is 2.76 bits per heavy atom. The van der Waals surface area contributed by atoms with Gasteiger partial charge >= 0.3 is 0 Å². The topological polar surface area (TPSA) is 74.6 Å². The minimum absolute atomic E-state index is 0.0296. The van der Waals surface area contributed by atoms with Crippen molar-refractivity contribution < 1.29 is 14.3 Å². The predicted octanol–water partition coefficient (Wildman–Crippen LogP) is 3.76. The standard InChI is InChI=1S/C28H29N3O3/c1-19-15-20(18-29)7-5-9-22-26(32)23-16-21(8-6-12-33-4)25(31-10-13-34-14-11-31)17-24(23)28(2,3)27(22)30-19/h5,7,15-17,30H,1,9-14H2,2-4H3/b7-5-,20-15+. The summed E-state index contributed by atoms with van der Waals surface area (Å²) in [5, 5.41) is 12.8. The van der Waals surface area contributed by atoms with E-state index in [2.05, 4.69) is 54.6 Å². The number of ketones is 1. The number of anilines is 1. The van der Waals surface area contributed by atoms with Crippen LogP contribution in [0, 0.1) is 23.2 Å². The maximum Gasteiger partial charge on any atom is 0.191 e. The number of nitrogens with zero attached hydrogens (tertiary/aromatic N) is 2. The molecule has 6 nitrogen and oxygen atoms in total. The largest absolute Gasteiger partial charge is 0.378 e. The summed E-state index contributed by atoms with van der Waals surface area (Å²) in [6, 6.07) is 6.21. The maximum absolute atomic E-state index is 13.8. The summed E-state index contributed by atoms with van der Waals surface area (Å²) in [6.07, 6.45) is 5.73. The van der Waals surface area contributed by atoms with Crippen LogP contribution in [-0.2, 0) is 14.9 Å². The van der Waals surface area contributed by atoms with E-state index in [1.165, 1.54) is 0 Å². The molecule has 0 unspecified atom stereocenters. The molecule has 0 bridgehead atoms. The third-order valence-electron chi connectivity index (χ3n) is 6.41. The SMILES string of the molecule is C=C1/C=C(C#N)\C=C/CC2=C(N1)C(C)(C)c1cc(N3CCOCC3)c(C#CCOC)cc1C2=O. The number of allylic oxidation sites excluding steroid dienone is 6. The third kappa shape index (κ3) is 4.43. The molecule has 1 aliphatic carbocycles. The van der Waals surface area contributed by atoms with E-state index in [4.69, 9.17) is 9.47 Å². The first-order chi connectivity index (χ1) is 16.4. The number of Topliss-reactive ketones (excluding diaryl/α,β-unsaturated/α-hetero) is 1. The Labute approximate surface area is 201 Å². The van der Waals surface area contributed by atoms with Crippen LogP contribution in [0.5, 0.6) is 0 Å². The summed E-state index contributed by atoms with van der Waals surface area (Å²) in [4.78, 5) is 16.1. The number of carbonyl (C=O) groups excluding carboxylic acids is 1. The number of ether oxygens (including phenoxy) is 2. The first-order valence-corrected chi connectivity index (χ1v) is 11.4. The molecule has 4 rings (SSSR count). The van der Waals surface area contributed by atoms with Gasteiger partial charge < -0.3 is 19.7 Å². The van der Waals surface area contributed by atoms with Crippen molar-refractivity contribution in [1.82, 2.24) is 5.32 Å². The molecule has 2 heterocycles. The van der Waals surface area contributed by atoms with Crippen LogP contribution in [0.2, 0.25) is 0 Å². The first kappa shape index (κ1) is 23.6. The van der Waals surface area contributed by atoms with E-state index < -0.39 is 5.41 Å². The zero-order valence-electron chi connectivity index (χ0n) is 20.0. The Morgan fingerprint density at radius 1 is 1.29 bits per heavy atom. The van der Waals surface area contributed by atoms with E-state index in [0.29, 0.717) is 48.6 Å². The van der Waals surface area contributed by atoms with E-state index >= 15 is 0 Å². The van der Waals surface area contributed by atoms with Crippen molar-refractivity contribution in [3.63, 3.8) is 0 Å². The zero-order valence-corrected chi connectivity index (χ0v) is 20.0. The Morgan fingerprint density at radius 2 is 2.06 bits per heavy atom. The molecule has 6 heteroatoms. The highest BCUT2D eigenvalue weighted by molar-refractivity contribution is 6.13. The maximum atomic E-state index is 13.8. The molecule has 0 radical (unpaired) electrons. The van der Waals surface area contributed by atoms with Crippen LogP contribution in [-0.4, -0.2) is 45.8 Å². The van der Waals surface area contributed by atoms with Crippen molar-refractivity contribution in [3.8, 4) is 17.9 Å². The molecule has 0 atom stereocenters. The molecule has 0 aromatic heterocycles. The zero-order chi connectivity index (χ0) is 24.3. The van der Waals surface area contributed by atoms with Gasteiger partial charge in [-0.3, -0.25) is 4.79 Å². The molecule has 0 amide bonds. The van der Waals surface area contributed by atoms with Crippen LogP contribution in [0.25, 0.3) is 0 Å². The normalized spacial score (nSPS) is 21.8. The molecule has 0 saturated carbocycles. The predicted molar refractivity (Wildman–Crippen MR) is 132 cm³/mol. The average Bonchev–Trinajstić information content (AvgIpc) is 2.92. The Bertz CT molecular complexity index is 1230. The summed E-state index contributed by atoms with van der Waals surface area (Å²) >= 11 is 0. The molecule has 1 aromatic rings. The minimum atomic E-state index is -0.486. The lowest BCUT2D eigenvalue weighted by atomic mass is 9.70. The van der Waals surface area contributed by atoms with Gasteiger partial charge in [-0.2, -0.15) is 5.26 Å². The van der Waals surface area contributed by atoms with Gasteiger partial charge in [0.15, 0.2) is 5.78 Å². The fourth-order valence-electron chi connectivity index (χ4n) is 4.68. The number of methoxy groups -OCH3 is 1. The smallest absolute Gasteiger partial charge is 0.191 e. The van der Waals surface area contributed by atoms with E-state index in [1.807, 2.05) is 12.1 Å². The van der Waals surface area contributed by atoms with Crippen LogP contribution < -0.4 is 10.2 Å². The van der Waals surface area contributed by atoms with Crippen LogP contribution in [0.3, 0.4) is 0 Å². The fourth-order valence-corrected chi connectivity index (χ4v) is 4.68. The summed E-state index contributed by atoms with van der Waals surface area (Å²) in [6.45, 7) is 11.5. The lowest BCUT2D eigenvalue weighted by Gasteiger charge is -2.39. The van der Waals surface area contributed by atoms with Crippen molar-refractivity contribution in [1.29, 1.82) is 5.26 Å². The van der Waals surface area contributed by atoms with E-state index in [1.54, 1.807) is 19.3 Å². The van der Waals surface area contributed by atoms with E-state index in [0.717, 1.165) is 35.6 Å². The second-order valence-corrected chi connectivity index (χ2v) is 9.03. The van der Waals surface area contributed by atoms with E-state index in [-0.39, 0.29) is 5.78 Å². The number of fused-ring (bicyclic) bond motifs is 1. The number of rotatable bonds is 2. The second-order valence-electron chi connectivity index (χ2n) is 9.03. The molecular weight excluding hydrogens is 426 g/mol.